The maximum Gasteiger partial charge on any atom is 0.324 e. The van der Waals surface area contributed by atoms with Gasteiger partial charge in [-0.1, -0.05) is 62.2 Å². The molecular formula is C33H37ClN6O2. The lowest BCUT2D eigenvalue weighted by atomic mass is 9.76. The SMILES string of the molecule is Cc1ccc(-n2nc(C(C)(C)C)cc2NC(=O)Nc2ccc(C(C(=O)c3ccc(Cl)nc3)C3CCNCC3)cc2)cc1. The van der Waals surface area contributed by atoms with Gasteiger partial charge in [0.25, 0.3) is 0 Å². The summed E-state index contributed by atoms with van der Waals surface area (Å²) >= 11 is 5.96. The van der Waals surface area contributed by atoms with Gasteiger partial charge in [-0.3, -0.25) is 10.1 Å². The third-order valence-corrected chi connectivity index (χ3v) is 7.90. The van der Waals surface area contributed by atoms with Crippen LogP contribution in [-0.2, 0) is 5.41 Å². The van der Waals surface area contributed by atoms with Crippen LogP contribution in [0.4, 0.5) is 16.3 Å². The number of anilines is 2. The van der Waals surface area contributed by atoms with E-state index in [2.05, 4.69) is 41.7 Å². The molecule has 1 atom stereocenters. The summed E-state index contributed by atoms with van der Waals surface area (Å²) in [6.45, 7) is 10.1. The van der Waals surface area contributed by atoms with Gasteiger partial charge in [-0.15, -0.1) is 0 Å². The fourth-order valence-corrected chi connectivity index (χ4v) is 5.40. The van der Waals surface area contributed by atoms with E-state index in [4.69, 9.17) is 16.7 Å². The molecule has 3 heterocycles. The van der Waals surface area contributed by atoms with Crippen molar-refractivity contribution in [3.8, 4) is 5.69 Å². The van der Waals surface area contributed by atoms with E-state index in [9.17, 15) is 9.59 Å². The van der Waals surface area contributed by atoms with Crippen molar-refractivity contribution in [2.24, 2.45) is 5.92 Å². The second-order valence-corrected chi connectivity index (χ2v) is 12.3. The number of pyridine rings is 1. The molecule has 2 amide bonds. The lowest BCUT2D eigenvalue weighted by molar-refractivity contribution is 0.0915. The molecule has 0 saturated carbocycles. The van der Waals surface area contributed by atoms with E-state index in [1.807, 2.05) is 61.5 Å². The molecule has 1 saturated heterocycles. The van der Waals surface area contributed by atoms with Crippen molar-refractivity contribution in [2.75, 3.05) is 23.7 Å². The monoisotopic (exact) mass is 584 g/mol. The average Bonchev–Trinajstić information content (AvgIpc) is 3.39. The Labute approximate surface area is 251 Å². The summed E-state index contributed by atoms with van der Waals surface area (Å²) in [5, 5.41) is 14.4. The van der Waals surface area contributed by atoms with Gasteiger partial charge >= 0.3 is 6.03 Å². The number of carbonyl (C=O) groups is 2. The number of benzene rings is 2. The van der Waals surface area contributed by atoms with Gasteiger partial charge in [0.2, 0.25) is 0 Å². The number of rotatable bonds is 7. The highest BCUT2D eigenvalue weighted by Gasteiger charge is 2.32. The van der Waals surface area contributed by atoms with E-state index in [0.29, 0.717) is 22.2 Å². The van der Waals surface area contributed by atoms with Crippen LogP contribution >= 0.6 is 11.6 Å². The van der Waals surface area contributed by atoms with E-state index in [1.165, 1.54) is 0 Å². The summed E-state index contributed by atoms with van der Waals surface area (Å²) in [7, 11) is 0. The van der Waals surface area contributed by atoms with Crippen molar-refractivity contribution < 1.29 is 9.59 Å². The Morgan fingerprint density at radius 1 is 0.976 bits per heavy atom. The number of nitrogens with one attached hydrogen (secondary N) is 3. The first-order valence-corrected chi connectivity index (χ1v) is 14.7. The van der Waals surface area contributed by atoms with Crippen LogP contribution in [0.25, 0.3) is 5.69 Å². The molecule has 2 aromatic carbocycles. The maximum atomic E-state index is 13.7. The Balaban J connectivity index is 1.34. The number of halogens is 1. The molecule has 1 unspecified atom stereocenters. The zero-order valence-corrected chi connectivity index (χ0v) is 25.2. The number of urea groups is 1. The van der Waals surface area contributed by atoms with Crippen LogP contribution in [0.5, 0.6) is 0 Å². The summed E-state index contributed by atoms with van der Waals surface area (Å²) in [4.78, 5) is 30.9. The number of aromatic nitrogens is 3. The fraction of sp³-hybridized carbons (Fsp3) is 0.333. The van der Waals surface area contributed by atoms with E-state index < -0.39 is 0 Å². The van der Waals surface area contributed by atoms with Crippen LogP contribution in [-0.4, -0.2) is 39.7 Å². The van der Waals surface area contributed by atoms with Gasteiger partial charge in [-0.05, 0) is 80.7 Å². The van der Waals surface area contributed by atoms with Gasteiger partial charge in [0.15, 0.2) is 5.78 Å². The molecule has 3 N–H and O–H groups in total. The van der Waals surface area contributed by atoms with E-state index in [0.717, 1.165) is 48.4 Å². The molecule has 0 spiro atoms. The second kappa shape index (κ2) is 12.5. The smallest absolute Gasteiger partial charge is 0.317 e. The highest BCUT2D eigenvalue weighted by atomic mass is 35.5. The van der Waals surface area contributed by atoms with Crippen molar-refractivity contribution in [2.45, 2.75) is 51.9 Å². The molecule has 2 aromatic heterocycles. The van der Waals surface area contributed by atoms with Crippen LogP contribution in [0.3, 0.4) is 0 Å². The topological polar surface area (TPSA) is 101 Å². The number of nitrogens with zero attached hydrogens (tertiary/aromatic N) is 3. The lowest BCUT2D eigenvalue weighted by Crippen LogP contribution is -2.33. The van der Waals surface area contributed by atoms with E-state index in [-0.39, 0.29) is 29.1 Å². The van der Waals surface area contributed by atoms with Crippen LogP contribution in [0.1, 0.15) is 66.7 Å². The molecule has 5 rings (SSSR count). The molecule has 8 nitrogen and oxygen atoms in total. The first-order chi connectivity index (χ1) is 20.1. The molecule has 0 aliphatic carbocycles. The molecule has 42 heavy (non-hydrogen) atoms. The molecule has 4 aromatic rings. The quantitative estimate of drug-likeness (QED) is 0.158. The number of ketones is 1. The number of aryl methyl sites for hydroxylation is 1. The summed E-state index contributed by atoms with van der Waals surface area (Å²) in [5.74, 6) is 0.503. The van der Waals surface area contributed by atoms with Crippen molar-refractivity contribution in [1.82, 2.24) is 20.1 Å². The summed E-state index contributed by atoms with van der Waals surface area (Å²) in [6.07, 6.45) is 3.36. The molecule has 1 fully saturated rings. The molecule has 0 bridgehead atoms. The molecule has 0 radical (unpaired) electrons. The van der Waals surface area contributed by atoms with E-state index >= 15 is 0 Å². The van der Waals surface area contributed by atoms with Crippen molar-refractivity contribution >= 4 is 34.9 Å². The molecule has 218 valence electrons. The lowest BCUT2D eigenvalue weighted by Gasteiger charge is -2.30. The van der Waals surface area contributed by atoms with Gasteiger partial charge in [0.05, 0.1) is 17.3 Å². The summed E-state index contributed by atoms with van der Waals surface area (Å²) < 4.78 is 1.75. The highest BCUT2D eigenvalue weighted by Crippen LogP contribution is 2.35. The number of hydrogen-bond donors (Lipinski definition) is 3. The second-order valence-electron chi connectivity index (χ2n) is 11.9. The Hall–Kier alpha value is -4.01. The van der Waals surface area contributed by atoms with Crippen molar-refractivity contribution in [1.29, 1.82) is 0 Å². The first kappa shape index (κ1) is 29.5. The third-order valence-electron chi connectivity index (χ3n) is 7.68. The number of carbonyl (C=O) groups excluding carboxylic acids is 2. The van der Waals surface area contributed by atoms with Crippen LogP contribution in [0, 0.1) is 12.8 Å². The minimum absolute atomic E-state index is 0.0311. The first-order valence-electron chi connectivity index (χ1n) is 14.3. The van der Waals surface area contributed by atoms with Gasteiger partial charge in [0.1, 0.15) is 11.0 Å². The summed E-state index contributed by atoms with van der Waals surface area (Å²) in [5.41, 5.74) is 4.77. The largest absolute Gasteiger partial charge is 0.324 e. The maximum absolute atomic E-state index is 13.7. The number of amides is 2. The molecular weight excluding hydrogens is 548 g/mol. The normalized spacial score (nSPS) is 14.8. The highest BCUT2D eigenvalue weighted by molar-refractivity contribution is 6.29. The van der Waals surface area contributed by atoms with Crippen molar-refractivity contribution in [3.63, 3.8) is 0 Å². The van der Waals surface area contributed by atoms with Gasteiger partial charge < -0.3 is 10.6 Å². The Kier molecular flexibility index (Phi) is 8.75. The zero-order chi connectivity index (χ0) is 29.9. The molecule has 1 aliphatic rings. The number of piperidine rings is 1. The Bertz CT molecular complexity index is 1530. The van der Waals surface area contributed by atoms with E-state index in [1.54, 1.807) is 23.0 Å². The van der Waals surface area contributed by atoms with Gasteiger partial charge in [-0.25, -0.2) is 14.5 Å². The van der Waals surface area contributed by atoms with Gasteiger partial charge in [-0.2, -0.15) is 5.10 Å². The predicted molar refractivity (Wildman–Crippen MR) is 168 cm³/mol. The number of hydrogen-bond acceptors (Lipinski definition) is 5. The standard InChI is InChI=1S/C33H37ClN6O2/c1-21-5-12-26(13-6-21)40-29(19-27(39-40)33(2,3)4)38-32(42)37-25-10-7-22(8-11-25)30(23-15-17-35-18-16-23)31(41)24-9-14-28(34)36-20-24/h5-14,19-20,23,30,35H,15-18H2,1-4H3,(H2,37,38,42). The minimum Gasteiger partial charge on any atom is -0.317 e. The Morgan fingerprint density at radius 2 is 1.67 bits per heavy atom. The molecule has 1 aliphatic heterocycles. The third kappa shape index (κ3) is 6.89. The van der Waals surface area contributed by atoms with Crippen molar-refractivity contribution in [3.05, 3.63) is 100 Å². The fourth-order valence-electron chi connectivity index (χ4n) is 5.29. The van der Waals surface area contributed by atoms with Crippen LogP contribution in [0.2, 0.25) is 5.15 Å². The van der Waals surface area contributed by atoms with Crippen LogP contribution < -0.4 is 16.0 Å². The zero-order valence-electron chi connectivity index (χ0n) is 24.4. The summed E-state index contributed by atoms with van der Waals surface area (Å²) in [6, 6.07) is 20.5. The Morgan fingerprint density at radius 3 is 2.29 bits per heavy atom. The molecule has 9 heteroatoms. The number of Topliss-reactive ketones (excluding diaryl/α,β-unsaturated/α-hetero) is 1. The average molecular weight is 585 g/mol. The predicted octanol–water partition coefficient (Wildman–Crippen LogP) is 7.14. The minimum atomic E-state index is -0.380. The van der Waals surface area contributed by atoms with Gasteiger partial charge in [0, 0.05) is 28.9 Å². The van der Waals surface area contributed by atoms with Crippen LogP contribution in [0.15, 0.2) is 72.9 Å².